The number of aliphatic hydroxyl groups is 1. The largest absolute Gasteiger partial charge is 0.398 e. The van der Waals surface area contributed by atoms with Crippen LogP contribution < -0.4 is 5.73 Å². The average molecular weight is 221 g/mol. The van der Waals surface area contributed by atoms with E-state index < -0.39 is 0 Å². The first kappa shape index (κ1) is 10.9. The summed E-state index contributed by atoms with van der Waals surface area (Å²) in [5.74, 6) is 0.100. The summed E-state index contributed by atoms with van der Waals surface area (Å²) in [5, 5.41) is 9.02. The number of aliphatic hydroxyl groups excluding tert-OH is 1. The van der Waals surface area contributed by atoms with Crippen molar-refractivity contribution in [3.8, 4) is 0 Å². The third-order valence-corrected chi connectivity index (χ3v) is 2.92. The zero-order chi connectivity index (χ0) is 11.5. The minimum Gasteiger partial charge on any atom is -0.398 e. The Balaban J connectivity index is 2.12. The van der Waals surface area contributed by atoms with Gasteiger partial charge in [0, 0.05) is 43.7 Å². The Bertz CT molecular complexity index is 395. The van der Waals surface area contributed by atoms with Gasteiger partial charge in [0.05, 0.1) is 5.56 Å². The zero-order valence-electron chi connectivity index (χ0n) is 8.97. The van der Waals surface area contributed by atoms with E-state index in [1.807, 2.05) is 0 Å². The highest BCUT2D eigenvalue weighted by atomic mass is 16.3. The number of hydrogen-bond acceptors (Lipinski definition) is 4. The molecule has 1 aliphatic rings. The average Bonchev–Trinajstić information content (AvgIpc) is 2.77. The molecule has 0 spiro atoms. The van der Waals surface area contributed by atoms with E-state index in [1.54, 1.807) is 17.2 Å². The number of rotatable bonds is 2. The molecule has 0 aliphatic carbocycles. The third-order valence-electron chi connectivity index (χ3n) is 2.92. The third kappa shape index (κ3) is 1.99. The number of nitrogen functional groups attached to an aromatic ring is 1. The summed E-state index contributed by atoms with van der Waals surface area (Å²) in [6.45, 7) is 1.41. The Kier molecular flexibility index (Phi) is 3.05. The van der Waals surface area contributed by atoms with Gasteiger partial charge in [0.25, 0.3) is 5.91 Å². The Labute approximate surface area is 93.9 Å². The zero-order valence-corrected chi connectivity index (χ0v) is 8.97. The van der Waals surface area contributed by atoms with Crippen LogP contribution in [0.1, 0.15) is 16.8 Å². The molecule has 1 aliphatic heterocycles. The van der Waals surface area contributed by atoms with Crippen LogP contribution in [-0.4, -0.2) is 40.6 Å². The number of carbonyl (C=O) groups is 1. The van der Waals surface area contributed by atoms with Gasteiger partial charge in [-0.3, -0.25) is 9.78 Å². The number of pyridine rings is 1. The molecule has 0 bridgehead atoms. The van der Waals surface area contributed by atoms with Crippen molar-refractivity contribution in [2.45, 2.75) is 6.42 Å². The summed E-state index contributed by atoms with van der Waals surface area (Å²) in [5.41, 5.74) is 6.62. The Morgan fingerprint density at radius 1 is 1.69 bits per heavy atom. The van der Waals surface area contributed by atoms with Crippen LogP contribution in [0.5, 0.6) is 0 Å². The lowest BCUT2D eigenvalue weighted by atomic mass is 10.1. The first-order valence-corrected chi connectivity index (χ1v) is 5.32. The second-order valence-corrected chi connectivity index (χ2v) is 4.05. The maximum absolute atomic E-state index is 12.1. The molecule has 1 atom stereocenters. The molecule has 2 heterocycles. The fourth-order valence-electron chi connectivity index (χ4n) is 1.92. The van der Waals surface area contributed by atoms with Crippen molar-refractivity contribution in [2.75, 3.05) is 25.4 Å². The molecule has 2 rings (SSSR count). The van der Waals surface area contributed by atoms with Gasteiger partial charge < -0.3 is 15.7 Å². The summed E-state index contributed by atoms with van der Waals surface area (Å²) in [7, 11) is 0. The molecule has 1 fully saturated rings. The number of carbonyl (C=O) groups excluding carboxylic acids is 1. The SMILES string of the molecule is Nc1ccncc1C(=O)N1CCC(CO)C1. The highest BCUT2D eigenvalue weighted by molar-refractivity contribution is 5.98. The maximum Gasteiger partial charge on any atom is 0.257 e. The molecule has 0 radical (unpaired) electrons. The maximum atomic E-state index is 12.1. The highest BCUT2D eigenvalue weighted by Gasteiger charge is 2.27. The van der Waals surface area contributed by atoms with Crippen molar-refractivity contribution >= 4 is 11.6 Å². The lowest BCUT2D eigenvalue weighted by Crippen LogP contribution is -2.29. The first-order chi connectivity index (χ1) is 7.72. The van der Waals surface area contributed by atoms with Crippen LogP contribution in [0.4, 0.5) is 5.69 Å². The number of hydrogen-bond donors (Lipinski definition) is 2. The molecule has 1 aromatic rings. The van der Waals surface area contributed by atoms with Crippen molar-refractivity contribution in [3.63, 3.8) is 0 Å². The second kappa shape index (κ2) is 4.49. The van der Waals surface area contributed by atoms with Crippen LogP contribution in [0.25, 0.3) is 0 Å². The van der Waals surface area contributed by atoms with Crippen LogP contribution in [0.2, 0.25) is 0 Å². The minimum absolute atomic E-state index is 0.0958. The van der Waals surface area contributed by atoms with E-state index >= 15 is 0 Å². The van der Waals surface area contributed by atoms with Gasteiger partial charge in [0.2, 0.25) is 0 Å². The number of aromatic nitrogens is 1. The van der Waals surface area contributed by atoms with E-state index in [1.165, 1.54) is 6.20 Å². The van der Waals surface area contributed by atoms with Gasteiger partial charge in [-0.1, -0.05) is 0 Å². The minimum atomic E-state index is -0.0958. The van der Waals surface area contributed by atoms with Gasteiger partial charge >= 0.3 is 0 Å². The van der Waals surface area contributed by atoms with Crippen LogP contribution in [-0.2, 0) is 0 Å². The van der Waals surface area contributed by atoms with E-state index in [4.69, 9.17) is 10.8 Å². The number of likely N-dealkylation sites (tertiary alicyclic amines) is 1. The molecule has 3 N–H and O–H groups in total. The summed E-state index contributed by atoms with van der Waals surface area (Å²) in [4.78, 5) is 17.7. The summed E-state index contributed by atoms with van der Waals surface area (Å²) >= 11 is 0. The fraction of sp³-hybridized carbons (Fsp3) is 0.455. The molecule has 1 aromatic heterocycles. The standard InChI is InChI=1S/C11H15N3O2/c12-10-1-3-13-5-9(10)11(16)14-4-2-8(6-14)7-15/h1,3,5,8,15H,2,4,6-7H2,(H2,12,13). The molecular weight excluding hydrogens is 206 g/mol. The van der Waals surface area contributed by atoms with Crippen molar-refractivity contribution in [2.24, 2.45) is 5.92 Å². The van der Waals surface area contributed by atoms with Gasteiger partial charge in [0.15, 0.2) is 0 Å². The number of nitrogens with two attached hydrogens (primary N) is 1. The normalized spacial score (nSPS) is 20.1. The summed E-state index contributed by atoms with van der Waals surface area (Å²) < 4.78 is 0. The monoisotopic (exact) mass is 221 g/mol. The molecule has 1 unspecified atom stereocenters. The Morgan fingerprint density at radius 2 is 2.50 bits per heavy atom. The van der Waals surface area contributed by atoms with Crippen LogP contribution >= 0.6 is 0 Å². The van der Waals surface area contributed by atoms with Crippen LogP contribution in [0.3, 0.4) is 0 Å². The van der Waals surface area contributed by atoms with E-state index in [9.17, 15) is 4.79 Å². The van der Waals surface area contributed by atoms with Crippen LogP contribution in [0.15, 0.2) is 18.5 Å². The second-order valence-electron chi connectivity index (χ2n) is 4.05. The van der Waals surface area contributed by atoms with Crippen molar-refractivity contribution in [3.05, 3.63) is 24.0 Å². The topological polar surface area (TPSA) is 79.5 Å². The Morgan fingerprint density at radius 3 is 3.12 bits per heavy atom. The molecule has 1 amide bonds. The van der Waals surface area contributed by atoms with Gasteiger partial charge in [0.1, 0.15) is 0 Å². The van der Waals surface area contributed by atoms with E-state index in [-0.39, 0.29) is 18.4 Å². The molecule has 5 nitrogen and oxygen atoms in total. The van der Waals surface area contributed by atoms with E-state index in [2.05, 4.69) is 4.98 Å². The Hall–Kier alpha value is -1.62. The number of anilines is 1. The summed E-state index contributed by atoms with van der Waals surface area (Å²) in [6.07, 6.45) is 3.90. The molecular formula is C11H15N3O2. The highest BCUT2D eigenvalue weighted by Crippen LogP contribution is 2.20. The predicted octanol–water partition coefficient (Wildman–Crippen LogP) is 0.118. The van der Waals surface area contributed by atoms with Crippen molar-refractivity contribution in [1.82, 2.24) is 9.88 Å². The lowest BCUT2D eigenvalue weighted by molar-refractivity contribution is 0.0782. The lowest BCUT2D eigenvalue weighted by Gasteiger charge is -2.16. The van der Waals surface area contributed by atoms with Crippen molar-refractivity contribution in [1.29, 1.82) is 0 Å². The smallest absolute Gasteiger partial charge is 0.257 e. The number of nitrogens with zero attached hydrogens (tertiary/aromatic N) is 2. The first-order valence-electron chi connectivity index (χ1n) is 5.32. The molecule has 0 aromatic carbocycles. The number of amides is 1. The quantitative estimate of drug-likeness (QED) is 0.743. The van der Waals surface area contributed by atoms with Crippen molar-refractivity contribution < 1.29 is 9.90 Å². The fourth-order valence-corrected chi connectivity index (χ4v) is 1.92. The van der Waals surface area contributed by atoms with Gasteiger partial charge in [-0.2, -0.15) is 0 Å². The predicted molar refractivity (Wildman–Crippen MR) is 59.7 cm³/mol. The summed E-state index contributed by atoms with van der Waals surface area (Å²) in [6, 6.07) is 1.62. The van der Waals surface area contributed by atoms with Gasteiger partial charge in [-0.15, -0.1) is 0 Å². The molecule has 0 saturated carbocycles. The molecule has 1 saturated heterocycles. The molecule has 16 heavy (non-hydrogen) atoms. The van der Waals surface area contributed by atoms with E-state index in [0.29, 0.717) is 24.3 Å². The molecule has 5 heteroatoms. The molecule has 86 valence electrons. The van der Waals surface area contributed by atoms with Gasteiger partial charge in [-0.05, 0) is 12.5 Å². The van der Waals surface area contributed by atoms with Crippen LogP contribution in [0, 0.1) is 5.92 Å². The van der Waals surface area contributed by atoms with E-state index in [0.717, 1.165) is 6.42 Å². The van der Waals surface area contributed by atoms with Gasteiger partial charge in [-0.25, -0.2) is 0 Å².